The predicted molar refractivity (Wildman–Crippen MR) is 325 cm³/mol. The number of carbonyl (C=O) groups is 2. The Balaban J connectivity index is 0.897. The van der Waals surface area contributed by atoms with E-state index < -0.39 is 79.7 Å². The van der Waals surface area contributed by atoms with Crippen molar-refractivity contribution < 1.29 is 61.7 Å². The fraction of sp³-hybridized carbons (Fsp3) is 0.343. The highest BCUT2D eigenvalue weighted by molar-refractivity contribution is 5.83. The van der Waals surface area contributed by atoms with Gasteiger partial charge in [-0.1, -0.05) is 199 Å². The summed E-state index contributed by atoms with van der Waals surface area (Å²) in [4.78, 5) is 31.7. The van der Waals surface area contributed by atoms with Crippen LogP contribution in [0, 0.1) is 0 Å². The lowest BCUT2D eigenvalue weighted by atomic mass is 9.94. The molecule has 0 aromatic heterocycles. The van der Waals surface area contributed by atoms with E-state index in [-0.39, 0.29) is 46.2 Å². The molecule has 6 unspecified atom stereocenters. The van der Waals surface area contributed by atoms with Gasteiger partial charge < -0.3 is 57.0 Å². The van der Waals surface area contributed by atoms with Crippen LogP contribution in [0.15, 0.2) is 211 Å². The van der Waals surface area contributed by atoms with Crippen molar-refractivity contribution in [1.29, 1.82) is 0 Å². The summed E-state index contributed by atoms with van der Waals surface area (Å²) < 4.78 is 73.5. The van der Waals surface area contributed by atoms with Crippen LogP contribution in [0.5, 0.6) is 0 Å². The van der Waals surface area contributed by atoms with E-state index in [0.717, 1.165) is 54.9 Å². The van der Waals surface area contributed by atoms with Gasteiger partial charge in [0.1, 0.15) is 55.4 Å². The quantitative estimate of drug-likeness (QED) is 0.0164. The fourth-order valence-electron chi connectivity index (χ4n) is 11.3. The first kappa shape index (κ1) is 60.6. The van der Waals surface area contributed by atoms with Crippen LogP contribution in [0.4, 0.5) is 4.79 Å². The Kier molecular flexibility index (Phi) is 21.3. The van der Waals surface area contributed by atoms with Gasteiger partial charge in [0.25, 0.3) is 0 Å². The zero-order chi connectivity index (χ0) is 59.6. The Bertz CT molecular complexity index is 3510. The molecule has 17 heteroatoms. The fourth-order valence-corrected chi connectivity index (χ4v) is 11.3. The highest BCUT2D eigenvalue weighted by Crippen LogP contribution is 2.40. The minimum absolute atomic E-state index is 0.0203. The Hall–Kier alpha value is -8.03. The van der Waals surface area contributed by atoms with Gasteiger partial charge in [0, 0.05) is 37.1 Å². The second-order valence-electron chi connectivity index (χ2n) is 21.9. The Morgan fingerprint density at radius 2 is 1.15 bits per heavy atom. The number of ether oxygens (including phenoxy) is 11. The maximum Gasteiger partial charge on any atom is 0.410 e. The number of unbranched alkanes of at least 4 members (excludes halogenated alkanes) is 2. The van der Waals surface area contributed by atoms with E-state index in [9.17, 15) is 15.1 Å². The molecular weight excluding hydrogens is 1100 g/mol. The van der Waals surface area contributed by atoms with E-state index in [1.54, 1.807) is 4.90 Å². The molecular formula is C70H72N4O13. The maximum absolute atomic E-state index is 13.7. The van der Waals surface area contributed by atoms with Crippen molar-refractivity contribution in [1.82, 2.24) is 4.90 Å². The van der Waals surface area contributed by atoms with Crippen LogP contribution in [0.25, 0.3) is 32.0 Å². The maximum atomic E-state index is 13.7. The zero-order valence-corrected chi connectivity index (χ0v) is 48.6. The molecule has 3 saturated heterocycles. The van der Waals surface area contributed by atoms with E-state index in [0.29, 0.717) is 32.4 Å². The van der Waals surface area contributed by atoms with Crippen molar-refractivity contribution >= 4 is 33.6 Å². The lowest BCUT2D eigenvalue weighted by Gasteiger charge is -2.50. The summed E-state index contributed by atoms with van der Waals surface area (Å²) in [6.07, 6.45) is -8.60. The summed E-state index contributed by atoms with van der Waals surface area (Å²) in [5.41, 5.74) is 15.6. The Morgan fingerprint density at radius 1 is 0.563 bits per heavy atom. The van der Waals surface area contributed by atoms with Gasteiger partial charge in [0.2, 0.25) is 0 Å². The molecule has 8 aromatic carbocycles. The van der Waals surface area contributed by atoms with Gasteiger partial charge in [-0.2, -0.15) is 0 Å². The van der Waals surface area contributed by atoms with Crippen molar-refractivity contribution in [3.8, 4) is 0 Å². The van der Waals surface area contributed by atoms with Gasteiger partial charge in [-0.15, -0.1) is 0 Å². The average Bonchev–Trinajstić information content (AvgIpc) is 1.15. The SMILES string of the molecule is CC(=O)OC1C(N=[N+]=[N-])C(O[C@@H]2[C@H](OCc3ccc4ccccc4c3)[C@@H](OCc3ccc4ccccc4c3)[C@@H](OCCCCCN(Cc3ccccc3)C(=O)OCc3ccccc3)O[C@@H]2COCc2ccccc2)OC2COC(c3ccccc3)OC21. The second-order valence-corrected chi connectivity index (χ2v) is 21.9. The predicted octanol–water partition coefficient (Wildman–Crippen LogP) is 13.3. The molecule has 3 aliphatic heterocycles. The van der Waals surface area contributed by atoms with Gasteiger partial charge in [-0.25, -0.2) is 4.79 Å². The lowest BCUT2D eigenvalue weighted by Crippen LogP contribution is -2.66. The number of esters is 1. The highest BCUT2D eigenvalue weighted by Gasteiger charge is 2.56. The molecule has 3 fully saturated rings. The Morgan fingerprint density at radius 3 is 1.78 bits per heavy atom. The summed E-state index contributed by atoms with van der Waals surface area (Å²) in [6, 6.07) is 66.0. The van der Waals surface area contributed by atoms with Crippen LogP contribution in [0.1, 0.15) is 65.9 Å². The molecule has 3 heterocycles. The molecule has 0 radical (unpaired) electrons. The smallest absolute Gasteiger partial charge is 0.410 e. The number of fused-ring (bicyclic) bond motifs is 3. The van der Waals surface area contributed by atoms with Crippen molar-refractivity contribution in [3.63, 3.8) is 0 Å². The molecule has 0 N–H and O–H groups in total. The third-order valence-electron chi connectivity index (χ3n) is 15.7. The van der Waals surface area contributed by atoms with Crippen LogP contribution in [0.2, 0.25) is 0 Å². The van der Waals surface area contributed by atoms with Crippen molar-refractivity contribution in [2.45, 2.75) is 127 Å². The van der Waals surface area contributed by atoms with Crippen molar-refractivity contribution in [2.24, 2.45) is 5.11 Å². The van der Waals surface area contributed by atoms with E-state index in [2.05, 4.69) is 58.6 Å². The molecule has 450 valence electrons. The number of nitrogens with zero attached hydrogens (tertiary/aromatic N) is 4. The molecule has 11 atom stereocenters. The Labute approximate surface area is 506 Å². The second kappa shape index (κ2) is 30.5. The molecule has 0 bridgehead atoms. The molecule has 87 heavy (non-hydrogen) atoms. The molecule has 8 aromatic rings. The lowest BCUT2D eigenvalue weighted by molar-refractivity contribution is -0.376. The van der Waals surface area contributed by atoms with Gasteiger partial charge in [-0.3, -0.25) is 4.79 Å². The topological polar surface area (TPSA) is 188 Å². The minimum atomic E-state index is -1.38. The zero-order valence-electron chi connectivity index (χ0n) is 48.6. The normalized spacial score (nSPS) is 23.5. The number of benzene rings is 8. The summed E-state index contributed by atoms with van der Waals surface area (Å²) in [7, 11) is 0. The molecule has 11 rings (SSSR count). The van der Waals surface area contributed by atoms with E-state index in [1.165, 1.54) is 6.92 Å². The first-order valence-electron chi connectivity index (χ1n) is 29.7. The van der Waals surface area contributed by atoms with Crippen LogP contribution in [-0.2, 0) is 89.9 Å². The molecule has 0 spiro atoms. The summed E-state index contributed by atoms with van der Waals surface area (Å²) in [5, 5.41) is 8.47. The number of amides is 1. The van der Waals surface area contributed by atoms with Gasteiger partial charge >= 0.3 is 12.1 Å². The number of hydrogen-bond donors (Lipinski definition) is 0. The third-order valence-corrected chi connectivity index (χ3v) is 15.7. The third kappa shape index (κ3) is 16.3. The van der Waals surface area contributed by atoms with E-state index in [1.807, 2.05) is 158 Å². The first-order valence-corrected chi connectivity index (χ1v) is 29.7. The summed E-state index contributed by atoms with van der Waals surface area (Å²) in [6.45, 7) is 3.03. The van der Waals surface area contributed by atoms with Crippen LogP contribution in [0.3, 0.4) is 0 Å². The van der Waals surface area contributed by atoms with E-state index in [4.69, 9.17) is 52.1 Å². The molecule has 1 amide bonds. The molecule has 17 nitrogen and oxygen atoms in total. The molecule has 0 saturated carbocycles. The number of rotatable bonds is 26. The highest BCUT2D eigenvalue weighted by atomic mass is 16.8. The van der Waals surface area contributed by atoms with Gasteiger partial charge in [0.05, 0.1) is 33.0 Å². The average molecular weight is 1180 g/mol. The number of carbonyl (C=O) groups excluding carboxylic acids is 2. The van der Waals surface area contributed by atoms with Crippen molar-refractivity contribution in [2.75, 3.05) is 26.4 Å². The first-order chi connectivity index (χ1) is 42.8. The van der Waals surface area contributed by atoms with Crippen molar-refractivity contribution in [3.05, 3.63) is 250 Å². The van der Waals surface area contributed by atoms with Gasteiger partial charge in [0.15, 0.2) is 18.9 Å². The van der Waals surface area contributed by atoms with Crippen LogP contribution >= 0.6 is 0 Å². The minimum Gasteiger partial charge on any atom is -0.459 e. The molecule has 3 aliphatic rings. The van der Waals surface area contributed by atoms with Crippen LogP contribution in [-0.4, -0.2) is 105 Å². The van der Waals surface area contributed by atoms with Crippen LogP contribution < -0.4 is 0 Å². The molecule has 0 aliphatic carbocycles. The summed E-state index contributed by atoms with van der Waals surface area (Å²) in [5.74, 6) is -0.623. The largest absolute Gasteiger partial charge is 0.459 e. The standard InChI is InChI=1S/C70H72N4O13/c1-48(75)83-64-61(72-73-71)68(84-60-47-81-67(86-62(60)64)56-29-13-5-14-30-56)87-63-59(46-77-42-50-23-9-3-10-24-50)85-69(78-38-20-6-19-37-74(41-49-21-7-2-8-22-49)70(76)82-43-51-25-11-4-12-26-51)66(80-45-53-34-36-55-28-16-18-32-58(55)40-53)65(63)79-44-52-33-35-54-27-15-17-31-57(54)39-52/h2-5,7-18,21-36,39-40,59-69H,6,19-20,37-38,41-47H2,1H3/t59-,60?,61?,62?,63+,64?,65+,66-,67?,68?,69+/m1/s1. The monoisotopic (exact) mass is 1180 g/mol. The van der Waals surface area contributed by atoms with E-state index >= 15 is 0 Å². The number of azide groups is 1. The number of hydrogen-bond acceptors (Lipinski definition) is 14. The summed E-state index contributed by atoms with van der Waals surface area (Å²) >= 11 is 0. The van der Waals surface area contributed by atoms with Gasteiger partial charge in [-0.05, 0) is 86.3 Å².